The van der Waals surface area contributed by atoms with E-state index in [1.54, 1.807) is 91.0 Å². The number of nitrogens with one attached hydrogen (secondary N) is 3. The van der Waals surface area contributed by atoms with E-state index in [9.17, 15) is 34.2 Å². The van der Waals surface area contributed by atoms with Crippen LogP contribution >= 0.6 is 0 Å². The summed E-state index contributed by atoms with van der Waals surface area (Å²) in [5, 5.41) is 69.5. The summed E-state index contributed by atoms with van der Waals surface area (Å²) in [6, 6.07) is 58.3. The molecule has 3 amide bonds. The third kappa shape index (κ3) is 26.0. The molecule has 0 spiro atoms. The Morgan fingerprint density at radius 1 is 0.427 bits per heavy atom. The zero-order valence-corrected chi connectivity index (χ0v) is 49.4. The molecule has 0 radical (unpaired) electrons. The lowest BCUT2D eigenvalue weighted by atomic mass is 10.1. The SMILES string of the molecule is C=CCC(=O)NCCc1ccc(O)c(N=Nc2ccccc2C)c1.C=CCC(=O)c1ccc(N=Nc2ccccc2)cc1.C=CCNC(=O)c1ccc(N=Nc2ccccc2)cc1.Cc1ccccc1N=Nc1cc(CCNC(=O)/C=C\C(=O)O)ccc1O. The minimum atomic E-state index is -1.18. The Balaban J connectivity index is 0.000000218. The summed E-state index contributed by atoms with van der Waals surface area (Å²) >= 11 is 0. The number of amides is 3. The van der Waals surface area contributed by atoms with Crippen LogP contribution in [0.25, 0.3) is 0 Å². The molecule has 0 fully saturated rings. The molecule has 19 heteroatoms. The van der Waals surface area contributed by atoms with Gasteiger partial charge in [-0.25, -0.2) is 4.79 Å². The number of allylic oxidation sites excluding steroid dienone is 1. The number of aryl methyl sites for hydroxylation is 2. The second-order valence-electron chi connectivity index (χ2n) is 19.0. The first-order valence-corrected chi connectivity index (χ1v) is 28.0. The summed E-state index contributed by atoms with van der Waals surface area (Å²) in [5.41, 5.74) is 10.3. The topological polar surface area (TPSA) is 281 Å². The van der Waals surface area contributed by atoms with Gasteiger partial charge in [0.15, 0.2) is 5.78 Å². The van der Waals surface area contributed by atoms with Gasteiger partial charge in [-0.15, -0.1) is 30.0 Å². The molecule has 0 bridgehead atoms. The molecule has 0 heterocycles. The van der Waals surface area contributed by atoms with Crippen molar-refractivity contribution in [3.8, 4) is 11.5 Å². The second kappa shape index (κ2) is 38.3. The van der Waals surface area contributed by atoms with Crippen molar-refractivity contribution in [2.45, 2.75) is 39.5 Å². The first-order valence-electron chi connectivity index (χ1n) is 28.0. The predicted molar refractivity (Wildman–Crippen MR) is 348 cm³/mol. The number of aliphatic carboxylic acids is 1. The summed E-state index contributed by atoms with van der Waals surface area (Å²) < 4.78 is 0. The van der Waals surface area contributed by atoms with E-state index in [1.165, 1.54) is 6.07 Å². The van der Waals surface area contributed by atoms with Gasteiger partial charge in [-0.3, -0.25) is 19.2 Å². The minimum Gasteiger partial charge on any atom is -0.506 e. The van der Waals surface area contributed by atoms with E-state index < -0.39 is 11.9 Å². The maximum absolute atomic E-state index is 11.7. The molecule has 0 saturated heterocycles. The van der Waals surface area contributed by atoms with Gasteiger partial charge in [0.05, 0.1) is 34.1 Å². The molecule has 89 heavy (non-hydrogen) atoms. The molecule has 6 N–H and O–H groups in total. The largest absolute Gasteiger partial charge is 0.506 e. The molecule has 0 aromatic heterocycles. The Kier molecular flexibility index (Phi) is 29.3. The average molecular weight is 1190 g/mol. The van der Waals surface area contributed by atoms with Gasteiger partial charge in [0.2, 0.25) is 11.8 Å². The number of carboxylic acids is 1. The highest BCUT2D eigenvalue weighted by atomic mass is 16.4. The molecule has 0 saturated carbocycles. The van der Waals surface area contributed by atoms with Crippen molar-refractivity contribution in [3.63, 3.8) is 0 Å². The molecule has 8 aromatic carbocycles. The van der Waals surface area contributed by atoms with Crippen molar-refractivity contribution in [2.24, 2.45) is 40.9 Å². The summed E-state index contributed by atoms with van der Waals surface area (Å²) in [6.45, 7) is 15.8. The number of ketones is 1. The standard InChI is InChI=1S/C19H19N3O4.C19H21N3O2.C16H15N3O.C16H14N2O/c1-13-4-2-3-5-15(13)21-22-16-12-14(6-7-17(16)23)10-11-20-18(24)8-9-19(25)26;1-3-6-19(24)20-12-11-15-9-10-18(23)17(13-15)22-21-16-8-5-4-7-14(16)2;1-2-12-17-16(20)13-8-10-15(11-9-13)19-18-14-6-4-3-5-7-14;1-2-6-16(19)13-9-11-15(12-10-13)18-17-14-7-4-3-5-8-14/h2-9,12,23H,10-11H2,1H3,(H,20,24)(H,25,26);3-5,7-10,13,23H,1,6,11-12H2,2H3,(H,20,24);2-11H,1,12H2,(H,17,20);2-5,7-12H,1,6H2/b9-8-,22-21?;;;. The molecule has 452 valence electrons. The molecule has 0 aliphatic carbocycles. The van der Waals surface area contributed by atoms with Crippen molar-refractivity contribution < 1.29 is 39.3 Å². The number of azo groups is 4. The Hall–Kier alpha value is -11.7. The number of carbonyl (C=O) groups excluding carboxylic acids is 4. The van der Waals surface area contributed by atoms with Crippen molar-refractivity contribution in [3.05, 3.63) is 278 Å². The van der Waals surface area contributed by atoms with Crippen LogP contribution in [0.3, 0.4) is 0 Å². The van der Waals surface area contributed by atoms with E-state index in [0.717, 1.165) is 62.8 Å². The molecular weight excluding hydrogens is 1120 g/mol. The zero-order valence-electron chi connectivity index (χ0n) is 49.4. The van der Waals surface area contributed by atoms with Crippen LogP contribution in [0, 0.1) is 13.8 Å². The van der Waals surface area contributed by atoms with Crippen LogP contribution in [0.1, 0.15) is 55.8 Å². The number of Topliss-reactive ketones (excluding diaryl/α,β-unsaturated/α-hetero) is 1. The van der Waals surface area contributed by atoms with Crippen LogP contribution in [0.2, 0.25) is 0 Å². The maximum Gasteiger partial charge on any atom is 0.328 e. The summed E-state index contributed by atoms with van der Waals surface area (Å²) in [6.07, 6.45) is 8.36. The number of phenolic OH excluding ortho intramolecular Hbond substituents is 2. The second-order valence-corrected chi connectivity index (χ2v) is 19.0. The number of rotatable bonds is 24. The van der Waals surface area contributed by atoms with Crippen LogP contribution in [0.4, 0.5) is 45.5 Å². The highest BCUT2D eigenvalue weighted by Crippen LogP contribution is 2.32. The van der Waals surface area contributed by atoms with Gasteiger partial charge >= 0.3 is 5.97 Å². The van der Waals surface area contributed by atoms with Crippen LogP contribution in [-0.2, 0) is 27.2 Å². The number of nitrogens with zero attached hydrogens (tertiary/aromatic N) is 8. The quantitative estimate of drug-likeness (QED) is 0.0146. The number of hydrogen-bond donors (Lipinski definition) is 6. The number of carbonyl (C=O) groups is 5. The third-order valence-electron chi connectivity index (χ3n) is 12.1. The normalized spacial score (nSPS) is 10.7. The Morgan fingerprint density at radius 3 is 1.28 bits per heavy atom. The monoisotopic (exact) mass is 1190 g/mol. The molecule has 0 aliphatic heterocycles. The van der Waals surface area contributed by atoms with Crippen LogP contribution in [0.15, 0.2) is 285 Å². The summed E-state index contributed by atoms with van der Waals surface area (Å²) in [4.78, 5) is 56.4. The first kappa shape index (κ1) is 68.1. The fourth-order valence-electron chi connectivity index (χ4n) is 7.39. The lowest BCUT2D eigenvalue weighted by Crippen LogP contribution is -2.24. The molecule has 8 rings (SSSR count). The van der Waals surface area contributed by atoms with Crippen molar-refractivity contribution >= 4 is 75.0 Å². The van der Waals surface area contributed by atoms with E-state index >= 15 is 0 Å². The molecule has 0 unspecified atom stereocenters. The molecule has 0 aliphatic rings. The number of benzene rings is 8. The Morgan fingerprint density at radius 2 is 0.843 bits per heavy atom. The van der Waals surface area contributed by atoms with Crippen molar-refractivity contribution in [1.82, 2.24) is 16.0 Å². The third-order valence-corrected chi connectivity index (χ3v) is 12.1. The maximum atomic E-state index is 11.7. The molecule has 19 nitrogen and oxygen atoms in total. The fraction of sp³-hybridized carbons (Fsp3) is 0.129. The Bertz CT molecular complexity index is 3790. The number of aromatic hydroxyl groups is 2. The van der Waals surface area contributed by atoms with E-state index in [2.05, 4.69) is 76.6 Å². The smallest absolute Gasteiger partial charge is 0.328 e. The van der Waals surface area contributed by atoms with Crippen LogP contribution < -0.4 is 16.0 Å². The predicted octanol–water partition coefficient (Wildman–Crippen LogP) is 16.6. The van der Waals surface area contributed by atoms with Crippen LogP contribution in [0.5, 0.6) is 11.5 Å². The number of phenols is 2. The van der Waals surface area contributed by atoms with Gasteiger partial charge in [0.25, 0.3) is 5.91 Å². The van der Waals surface area contributed by atoms with Crippen molar-refractivity contribution in [2.75, 3.05) is 19.6 Å². The highest BCUT2D eigenvalue weighted by Gasteiger charge is 2.08. The van der Waals surface area contributed by atoms with E-state index in [1.807, 2.05) is 129 Å². The molecule has 8 aromatic rings. The number of carboxylic acid groups (broad SMARTS) is 1. The number of hydrogen-bond acceptors (Lipinski definition) is 15. The molecule has 0 atom stereocenters. The van der Waals surface area contributed by atoms with Gasteiger partial charge in [0, 0.05) is 55.8 Å². The van der Waals surface area contributed by atoms with E-state index in [-0.39, 0.29) is 29.1 Å². The van der Waals surface area contributed by atoms with Gasteiger partial charge in [-0.05, 0) is 158 Å². The zero-order chi connectivity index (χ0) is 64.0. The first-order chi connectivity index (χ1) is 43.1. The van der Waals surface area contributed by atoms with E-state index in [0.29, 0.717) is 73.5 Å². The van der Waals surface area contributed by atoms with Gasteiger partial charge in [-0.1, -0.05) is 103 Å². The van der Waals surface area contributed by atoms with Gasteiger partial charge in [-0.2, -0.15) is 30.7 Å². The van der Waals surface area contributed by atoms with E-state index in [4.69, 9.17) is 5.11 Å². The lowest BCUT2D eigenvalue weighted by molar-refractivity contribution is -0.131. The summed E-state index contributed by atoms with van der Waals surface area (Å²) in [5.74, 6) is -1.69. The van der Waals surface area contributed by atoms with Crippen LogP contribution in [-0.4, -0.2) is 64.4 Å². The van der Waals surface area contributed by atoms with Gasteiger partial charge in [0.1, 0.15) is 22.9 Å². The molecular formula is C70H69N11O8. The lowest BCUT2D eigenvalue weighted by Gasteiger charge is -2.06. The highest BCUT2D eigenvalue weighted by molar-refractivity contribution is 5.97. The van der Waals surface area contributed by atoms with Gasteiger partial charge < -0.3 is 31.3 Å². The fourth-order valence-corrected chi connectivity index (χ4v) is 7.39. The Labute approximate surface area is 517 Å². The minimum absolute atomic E-state index is 0.0134. The summed E-state index contributed by atoms with van der Waals surface area (Å²) in [7, 11) is 0. The van der Waals surface area contributed by atoms with Crippen molar-refractivity contribution in [1.29, 1.82) is 0 Å². The average Bonchev–Trinajstić information content (AvgIpc) is 3.66.